The lowest BCUT2D eigenvalue weighted by atomic mass is 9.99. The van der Waals surface area contributed by atoms with Crippen molar-refractivity contribution in [3.05, 3.63) is 66.1 Å². The minimum atomic E-state index is -0.425. The van der Waals surface area contributed by atoms with Gasteiger partial charge in [-0.1, -0.05) is 13.0 Å². The first-order valence-corrected chi connectivity index (χ1v) is 8.90. The fourth-order valence-corrected chi connectivity index (χ4v) is 3.12. The molecule has 0 unspecified atom stereocenters. The van der Waals surface area contributed by atoms with Crippen molar-refractivity contribution >= 4 is 16.9 Å². The molecule has 28 heavy (non-hydrogen) atoms. The van der Waals surface area contributed by atoms with Crippen molar-refractivity contribution in [1.82, 2.24) is 19.7 Å². The number of fused-ring (bicyclic) bond motifs is 1. The van der Waals surface area contributed by atoms with Crippen LogP contribution in [-0.4, -0.2) is 25.7 Å². The van der Waals surface area contributed by atoms with E-state index in [1.54, 1.807) is 35.4 Å². The van der Waals surface area contributed by atoms with Crippen molar-refractivity contribution in [3.8, 4) is 22.8 Å². The van der Waals surface area contributed by atoms with E-state index >= 15 is 0 Å². The third-order valence-electron chi connectivity index (χ3n) is 4.59. The van der Waals surface area contributed by atoms with Crippen LogP contribution >= 0.6 is 0 Å². The fraction of sp³-hybridized carbons (Fsp3) is 0.143. The molecule has 1 aromatic carbocycles. The number of amides is 1. The zero-order valence-corrected chi connectivity index (χ0v) is 15.6. The molecule has 0 saturated heterocycles. The molecular formula is C21H19N5O2. The number of carbonyl (C=O) groups is 1. The molecule has 0 spiro atoms. The van der Waals surface area contributed by atoms with Crippen molar-refractivity contribution in [2.24, 2.45) is 12.8 Å². The van der Waals surface area contributed by atoms with Crippen LogP contribution in [0, 0.1) is 0 Å². The highest BCUT2D eigenvalue weighted by atomic mass is 16.5. The summed E-state index contributed by atoms with van der Waals surface area (Å²) in [5, 5.41) is 4.19. The van der Waals surface area contributed by atoms with Crippen molar-refractivity contribution in [3.63, 3.8) is 0 Å². The van der Waals surface area contributed by atoms with E-state index in [1.807, 2.05) is 38.2 Å². The van der Waals surface area contributed by atoms with Crippen molar-refractivity contribution in [2.75, 3.05) is 0 Å². The number of pyridine rings is 2. The maximum Gasteiger partial charge on any atom is 0.248 e. The Hall–Kier alpha value is -3.74. The van der Waals surface area contributed by atoms with E-state index in [2.05, 4.69) is 15.1 Å². The van der Waals surface area contributed by atoms with E-state index in [1.165, 1.54) is 0 Å². The molecule has 140 valence electrons. The molecule has 0 aliphatic heterocycles. The highest BCUT2D eigenvalue weighted by Gasteiger charge is 2.10. The molecule has 0 saturated carbocycles. The van der Waals surface area contributed by atoms with Gasteiger partial charge in [0.2, 0.25) is 5.91 Å². The number of nitrogens with zero attached hydrogens (tertiary/aromatic N) is 4. The Bertz CT molecular complexity index is 1180. The summed E-state index contributed by atoms with van der Waals surface area (Å²) in [5.41, 5.74) is 10.2. The van der Waals surface area contributed by atoms with E-state index < -0.39 is 5.91 Å². The predicted octanol–water partition coefficient (Wildman–Crippen LogP) is 3.48. The number of hydrogen-bond donors (Lipinski definition) is 1. The highest BCUT2D eigenvalue weighted by molar-refractivity contribution is 5.95. The molecule has 7 heteroatoms. The number of hydrogen-bond acceptors (Lipinski definition) is 5. The summed E-state index contributed by atoms with van der Waals surface area (Å²) in [5.74, 6) is 0.836. The van der Waals surface area contributed by atoms with E-state index in [0.717, 1.165) is 27.9 Å². The van der Waals surface area contributed by atoms with Crippen LogP contribution < -0.4 is 10.5 Å². The first kappa shape index (κ1) is 17.7. The molecule has 0 fully saturated rings. The second-order valence-electron chi connectivity index (χ2n) is 6.41. The lowest BCUT2D eigenvalue weighted by Crippen LogP contribution is -2.13. The Morgan fingerprint density at radius 1 is 1.11 bits per heavy atom. The Kier molecular flexibility index (Phi) is 4.49. The Morgan fingerprint density at radius 2 is 1.96 bits per heavy atom. The summed E-state index contributed by atoms with van der Waals surface area (Å²) in [6, 6.07) is 11.1. The summed E-state index contributed by atoms with van der Waals surface area (Å²) < 4.78 is 7.72. The van der Waals surface area contributed by atoms with Crippen LogP contribution in [-0.2, 0) is 13.5 Å². The fourth-order valence-electron chi connectivity index (χ4n) is 3.12. The quantitative estimate of drug-likeness (QED) is 0.578. The zero-order chi connectivity index (χ0) is 19.7. The average Bonchev–Trinajstić information content (AvgIpc) is 3.08. The number of primary amides is 1. The molecular weight excluding hydrogens is 354 g/mol. The average molecular weight is 373 g/mol. The third kappa shape index (κ3) is 3.29. The normalized spacial score (nSPS) is 10.9. The van der Waals surface area contributed by atoms with Gasteiger partial charge in [0.1, 0.15) is 17.0 Å². The van der Waals surface area contributed by atoms with E-state index in [4.69, 9.17) is 10.5 Å². The number of rotatable bonds is 5. The summed E-state index contributed by atoms with van der Waals surface area (Å²) in [6.45, 7) is 1.99. The van der Waals surface area contributed by atoms with Crippen LogP contribution in [0.25, 0.3) is 22.3 Å². The number of aryl methyl sites for hydroxylation is 2. The number of nitrogens with two attached hydrogens (primary N) is 1. The molecule has 3 heterocycles. The third-order valence-corrected chi connectivity index (χ3v) is 4.59. The second-order valence-corrected chi connectivity index (χ2v) is 6.41. The minimum absolute atomic E-state index is 0.425. The van der Waals surface area contributed by atoms with E-state index in [-0.39, 0.29) is 0 Å². The molecule has 7 nitrogen and oxygen atoms in total. The summed E-state index contributed by atoms with van der Waals surface area (Å²) in [7, 11) is 1.86. The van der Waals surface area contributed by atoms with Gasteiger partial charge in [-0.2, -0.15) is 5.10 Å². The van der Waals surface area contributed by atoms with Gasteiger partial charge in [-0.15, -0.1) is 0 Å². The molecule has 0 aliphatic carbocycles. The maximum atomic E-state index is 11.6. The predicted molar refractivity (Wildman–Crippen MR) is 106 cm³/mol. The van der Waals surface area contributed by atoms with Gasteiger partial charge in [-0.05, 0) is 30.2 Å². The zero-order valence-electron chi connectivity index (χ0n) is 15.6. The lowest BCUT2D eigenvalue weighted by Gasteiger charge is -2.10. The van der Waals surface area contributed by atoms with E-state index in [0.29, 0.717) is 23.5 Å². The second kappa shape index (κ2) is 7.11. The van der Waals surface area contributed by atoms with Crippen molar-refractivity contribution < 1.29 is 9.53 Å². The number of aromatic nitrogens is 4. The molecule has 0 aliphatic rings. The van der Waals surface area contributed by atoms with Crippen LogP contribution in [0.15, 0.2) is 55.0 Å². The first-order valence-electron chi connectivity index (χ1n) is 8.90. The molecule has 0 radical (unpaired) electrons. The standard InChI is InChI=1S/C21H19N5O2/c1-3-13-8-14(4-5-17(13)21(22)27)18-9-15(6-7-23-18)28-16-10-20-19(24-11-16)12-25-26(20)2/h4-12H,3H2,1-2H3,(H2,22,27). The van der Waals surface area contributed by atoms with Crippen LogP contribution in [0.5, 0.6) is 11.5 Å². The van der Waals surface area contributed by atoms with Crippen molar-refractivity contribution in [1.29, 1.82) is 0 Å². The summed E-state index contributed by atoms with van der Waals surface area (Å²) in [4.78, 5) is 20.3. The first-order chi connectivity index (χ1) is 13.5. The number of benzene rings is 1. The van der Waals surface area contributed by atoms with Crippen LogP contribution in [0.3, 0.4) is 0 Å². The monoisotopic (exact) mass is 373 g/mol. The van der Waals surface area contributed by atoms with Gasteiger partial charge in [0, 0.05) is 36.5 Å². The van der Waals surface area contributed by atoms with Gasteiger partial charge >= 0.3 is 0 Å². The van der Waals surface area contributed by atoms with Gasteiger partial charge < -0.3 is 10.5 Å². The summed E-state index contributed by atoms with van der Waals surface area (Å²) >= 11 is 0. The highest BCUT2D eigenvalue weighted by Crippen LogP contribution is 2.28. The number of carbonyl (C=O) groups excluding carboxylic acids is 1. The van der Waals surface area contributed by atoms with Gasteiger partial charge in [-0.3, -0.25) is 14.5 Å². The lowest BCUT2D eigenvalue weighted by molar-refractivity contribution is 0.0999. The van der Waals surface area contributed by atoms with Crippen molar-refractivity contribution in [2.45, 2.75) is 13.3 Å². The van der Waals surface area contributed by atoms with Crippen LogP contribution in [0.4, 0.5) is 0 Å². The Balaban J connectivity index is 1.65. The maximum absolute atomic E-state index is 11.6. The minimum Gasteiger partial charge on any atom is -0.456 e. The molecule has 0 atom stereocenters. The molecule has 2 N–H and O–H groups in total. The van der Waals surface area contributed by atoms with Crippen LogP contribution in [0.2, 0.25) is 0 Å². The number of ether oxygens (including phenoxy) is 1. The molecule has 4 aromatic rings. The Morgan fingerprint density at radius 3 is 2.75 bits per heavy atom. The van der Waals surface area contributed by atoms with Gasteiger partial charge in [0.15, 0.2) is 0 Å². The molecule has 3 aromatic heterocycles. The molecule has 1 amide bonds. The topological polar surface area (TPSA) is 95.9 Å². The molecule has 0 bridgehead atoms. The van der Waals surface area contributed by atoms with Gasteiger partial charge in [-0.25, -0.2) is 4.98 Å². The van der Waals surface area contributed by atoms with Gasteiger partial charge in [0.05, 0.1) is 23.6 Å². The smallest absolute Gasteiger partial charge is 0.248 e. The van der Waals surface area contributed by atoms with E-state index in [9.17, 15) is 4.79 Å². The Labute approximate surface area is 161 Å². The summed E-state index contributed by atoms with van der Waals surface area (Å²) in [6.07, 6.45) is 5.78. The van der Waals surface area contributed by atoms with Crippen LogP contribution in [0.1, 0.15) is 22.8 Å². The molecule has 4 rings (SSSR count). The largest absolute Gasteiger partial charge is 0.456 e. The SMILES string of the molecule is CCc1cc(-c2cc(Oc3cnc4cnn(C)c4c3)ccn2)ccc1C(N)=O. The van der Waals surface area contributed by atoms with Gasteiger partial charge in [0.25, 0.3) is 0 Å².